The molecule has 1 heterocycles. The zero-order chi connectivity index (χ0) is 20.4. The van der Waals surface area contributed by atoms with Gasteiger partial charge in [0.2, 0.25) is 17.7 Å². The van der Waals surface area contributed by atoms with Gasteiger partial charge < -0.3 is 5.32 Å². The van der Waals surface area contributed by atoms with Gasteiger partial charge in [0.05, 0.1) is 16.7 Å². The van der Waals surface area contributed by atoms with Gasteiger partial charge in [-0.25, -0.2) is 4.90 Å². The second-order valence-corrected chi connectivity index (χ2v) is 8.77. The molecule has 5 nitrogen and oxygen atoms in total. The fraction of sp³-hybridized carbons (Fsp3) is 0.136. The third-order valence-electron chi connectivity index (χ3n) is 4.62. The van der Waals surface area contributed by atoms with Crippen LogP contribution in [0.2, 0.25) is 0 Å². The van der Waals surface area contributed by atoms with Gasteiger partial charge in [-0.3, -0.25) is 14.4 Å². The van der Waals surface area contributed by atoms with Gasteiger partial charge in [-0.2, -0.15) is 0 Å². The van der Waals surface area contributed by atoms with Gasteiger partial charge in [-0.1, -0.05) is 52.3 Å². The summed E-state index contributed by atoms with van der Waals surface area (Å²) in [7, 11) is 0. The van der Waals surface area contributed by atoms with Crippen LogP contribution in [-0.2, 0) is 14.4 Å². The van der Waals surface area contributed by atoms with E-state index in [0.717, 1.165) is 15.2 Å². The minimum atomic E-state index is -0.552. The molecule has 3 aromatic rings. The molecule has 0 bridgehead atoms. The molecule has 3 aromatic carbocycles. The van der Waals surface area contributed by atoms with E-state index in [9.17, 15) is 14.4 Å². The molecule has 1 aliphatic heterocycles. The normalized spacial score (nSPS) is 16.4. The first-order valence-electron chi connectivity index (χ1n) is 9.04. The fourth-order valence-corrected chi connectivity index (χ4v) is 4.58. The fourth-order valence-electron chi connectivity index (χ4n) is 3.26. The number of anilines is 2. The van der Waals surface area contributed by atoms with Gasteiger partial charge in [0.1, 0.15) is 0 Å². The monoisotopic (exact) mass is 468 g/mol. The number of nitrogens with one attached hydrogen (secondary N) is 1. The van der Waals surface area contributed by atoms with Crippen molar-refractivity contribution in [2.24, 2.45) is 0 Å². The molecule has 1 aliphatic rings. The summed E-state index contributed by atoms with van der Waals surface area (Å²) < 4.78 is 0.793. The predicted octanol–water partition coefficient (Wildman–Crippen LogP) is 4.61. The molecule has 4 rings (SSSR count). The quantitative estimate of drug-likeness (QED) is 0.555. The van der Waals surface area contributed by atoms with Crippen molar-refractivity contribution in [1.82, 2.24) is 0 Å². The predicted molar refractivity (Wildman–Crippen MR) is 120 cm³/mol. The Labute approximate surface area is 180 Å². The average molecular weight is 469 g/mol. The number of rotatable bonds is 5. The number of carbonyl (C=O) groups excluding carboxylic acids is 3. The topological polar surface area (TPSA) is 66.5 Å². The minimum Gasteiger partial charge on any atom is -0.325 e. The van der Waals surface area contributed by atoms with E-state index in [1.807, 2.05) is 48.5 Å². The highest BCUT2D eigenvalue weighted by atomic mass is 79.9. The summed E-state index contributed by atoms with van der Waals surface area (Å²) in [5.74, 6) is -0.633. The molecule has 1 N–H and O–H groups in total. The lowest BCUT2D eigenvalue weighted by atomic mass is 10.1. The lowest BCUT2D eigenvalue weighted by molar-refractivity contribution is -0.121. The number of benzene rings is 3. The van der Waals surface area contributed by atoms with Crippen molar-refractivity contribution in [2.75, 3.05) is 16.0 Å². The highest BCUT2D eigenvalue weighted by Crippen LogP contribution is 2.31. The largest absolute Gasteiger partial charge is 0.325 e. The van der Waals surface area contributed by atoms with Crippen LogP contribution in [0, 0.1) is 0 Å². The summed E-state index contributed by atoms with van der Waals surface area (Å²) in [6, 6.07) is 20.7. The third kappa shape index (κ3) is 4.36. The Morgan fingerprint density at radius 3 is 2.62 bits per heavy atom. The highest BCUT2D eigenvalue weighted by Gasteiger charge is 2.40. The molecule has 3 amide bonds. The average Bonchev–Trinajstić information content (AvgIpc) is 2.99. The second kappa shape index (κ2) is 8.39. The molecule has 0 unspecified atom stereocenters. The number of fused-ring (bicyclic) bond motifs is 1. The van der Waals surface area contributed by atoms with E-state index < -0.39 is 5.25 Å². The minimum absolute atomic E-state index is 0.0965. The van der Waals surface area contributed by atoms with E-state index in [2.05, 4.69) is 21.2 Å². The Kier molecular flexibility index (Phi) is 5.69. The van der Waals surface area contributed by atoms with Crippen LogP contribution < -0.4 is 10.2 Å². The van der Waals surface area contributed by atoms with Crippen LogP contribution in [0.3, 0.4) is 0 Å². The van der Waals surface area contributed by atoms with Gasteiger partial charge in [0, 0.05) is 16.6 Å². The van der Waals surface area contributed by atoms with Crippen LogP contribution in [-0.4, -0.2) is 28.7 Å². The summed E-state index contributed by atoms with van der Waals surface area (Å²) >= 11 is 4.55. The maximum absolute atomic E-state index is 12.7. The molecule has 146 valence electrons. The van der Waals surface area contributed by atoms with Crippen LogP contribution >= 0.6 is 27.7 Å². The molecule has 29 heavy (non-hydrogen) atoms. The number of thioether (sulfide) groups is 1. The van der Waals surface area contributed by atoms with E-state index in [0.29, 0.717) is 11.4 Å². The first kappa shape index (κ1) is 19.7. The molecule has 7 heteroatoms. The first-order chi connectivity index (χ1) is 14.0. The highest BCUT2D eigenvalue weighted by molar-refractivity contribution is 9.10. The summed E-state index contributed by atoms with van der Waals surface area (Å²) in [6.45, 7) is 0. The lowest BCUT2D eigenvalue weighted by Crippen LogP contribution is -2.31. The Hall–Kier alpha value is -2.64. The Morgan fingerprint density at radius 2 is 1.83 bits per heavy atom. The molecule has 1 atom stereocenters. The molecule has 0 radical (unpaired) electrons. The van der Waals surface area contributed by atoms with Gasteiger partial charge in [0.15, 0.2) is 0 Å². The van der Waals surface area contributed by atoms with E-state index in [4.69, 9.17) is 0 Å². The molecule has 0 aromatic heterocycles. The molecular weight excluding hydrogens is 452 g/mol. The summed E-state index contributed by atoms with van der Waals surface area (Å²) in [4.78, 5) is 38.6. The zero-order valence-electron chi connectivity index (χ0n) is 15.3. The molecule has 1 saturated heterocycles. The maximum atomic E-state index is 12.7. The Morgan fingerprint density at radius 1 is 1.03 bits per heavy atom. The number of carbonyl (C=O) groups is 3. The smallest absolute Gasteiger partial charge is 0.247 e. The maximum Gasteiger partial charge on any atom is 0.247 e. The van der Waals surface area contributed by atoms with Crippen molar-refractivity contribution in [3.8, 4) is 0 Å². The van der Waals surface area contributed by atoms with E-state index in [1.165, 1.54) is 16.7 Å². The van der Waals surface area contributed by atoms with E-state index in [1.54, 1.807) is 18.2 Å². The van der Waals surface area contributed by atoms with Crippen molar-refractivity contribution in [3.05, 3.63) is 71.2 Å². The molecule has 0 aliphatic carbocycles. The van der Waals surface area contributed by atoms with Gasteiger partial charge in [-0.15, -0.1) is 11.8 Å². The van der Waals surface area contributed by atoms with Crippen LogP contribution in [0.25, 0.3) is 10.8 Å². The summed E-state index contributed by atoms with van der Waals surface area (Å²) in [5, 5.41) is 4.45. The van der Waals surface area contributed by atoms with Crippen LogP contribution in [0.15, 0.2) is 71.2 Å². The summed E-state index contributed by atoms with van der Waals surface area (Å²) in [6.07, 6.45) is 0.0965. The van der Waals surface area contributed by atoms with E-state index in [-0.39, 0.29) is 29.9 Å². The third-order valence-corrected chi connectivity index (χ3v) is 6.31. The molecule has 1 fully saturated rings. The van der Waals surface area contributed by atoms with Crippen molar-refractivity contribution in [1.29, 1.82) is 0 Å². The zero-order valence-corrected chi connectivity index (χ0v) is 17.7. The Balaban J connectivity index is 1.37. The van der Waals surface area contributed by atoms with Crippen molar-refractivity contribution in [2.45, 2.75) is 11.7 Å². The second-order valence-electron chi connectivity index (χ2n) is 6.66. The van der Waals surface area contributed by atoms with E-state index >= 15 is 0 Å². The Bertz CT molecular complexity index is 1120. The van der Waals surface area contributed by atoms with Crippen LogP contribution in [0.1, 0.15) is 6.42 Å². The number of hydrogen-bond acceptors (Lipinski definition) is 4. The molecular formula is C22H17BrN2O3S. The van der Waals surface area contributed by atoms with Crippen molar-refractivity contribution >= 4 is 67.6 Å². The number of imide groups is 1. The SMILES string of the molecule is O=C(CS[C@H]1CC(=O)N(c2cccc(Br)c2)C1=O)Nc1ccc2ccccc2c1. The van der Waals surface area contributed by atoms with Crippen LogP contribution in [0.4, 0.5) is 11.4 Å². The standard InChI is InChI=1S/C22H17BrN2O3S/c23-16-6-3-7-18(11-16)25-21(27)12-19(22(25)28)29-13-20(26)24-17-9-8-14-4-1-2-5-15(14)10-17/h1-11,19H,12-13H2,(H,24,26)/t19-/m0/s1. The van der Waals surface area contributed by atoms with Gasteiger partial charge in [-0.05, 0) is 41.1 Å². The number of hydrogen-bond donors (Lipinski definition) is 1. The first-order valence-corrected chi connectivity index (χ1v) is 10.9. The summed E-state index contributed by atoms with van der Waals surface area (Å²) in [5.41, 5.74) is 1.25. The van der Waals surface area contributed by atoms with Crippen molar-refractivity contribution < 1.29 is 14.4 Å². The number of halogens is 1. The molecule has 0 saturated carbocycles. The lowest BCUT2D eigenvalue weighted by Gasteiger charge is -2.15. The molecule has 0 spiro atoms. The van der Waals surface area contributed by atoms with Crippen molar-refractivity contribution in [3.63, 3.8) is 0 Å². The van der Waals surface area contributed by atoms with Gasteiger partial charge in [0.25, 0.3) is 0 Å². The number of amides is 3. The van der Waals surface area contributed by atoms with Gasteiger partial charge >= 0.3 is 0 Å². The van der Waals surface area contributed by atoms with Crippen LogP contribution in [0.5, 0.6) is 0 Å². The number of nitrogens with zero attached hydrogens (tertiary/aromatic N) is 1.